The molecule has 0 saturated heterocycles. The Morgan fingerprint density at radius 3 is 2.85 bits per heavy atom. The van der Waals surface area contributed by atoms with Gasteiger partial charge in [0.2, 0.25) is 0 Å². The molecule has 71 valence electrons. The van der Waals surface area contributed by atoms with Crippen LogP contribution in [-0.2, 0) is 0 Å². The quantitative estimate of drug-likeness (QED) is 0.809. The zero-order valence-electron chi connectivity index (χ0n) is 7.46. The smallest absolute Gasteiger partial charge is 0.119 e. The molecule has 0 aromatic heterocycles. The van der Waals surface area contributed by atoms with Crippen molar-refractivity contribution in [2.75, 3.05) is 13.7 Å². The third-order valence-corrected chi connectivity index (χ3v) is 2.21. The highest BCUT2D eigenvalue weighted by atomic mass is 35.5. The minimum atomic E-state index is -0.206. The van der Waals surface area contributed by atoms with E-state index in [-0.39, 0.29) is 12.5 Å². The standard InChI is InChI=1S/C10H12ClO2/c1-7(6-12)9-5-8(13-2)3-4-10(9)11/h3-5,7,12H,1,6H2,2H3. The minimum Gasteiger partial charge on any atom is -0.497 e. The second-order valence-corrected chi connectivity index (χ2v) is 3.17. The first-order chi connectivity index (χ1) is 6.19. The number of methoxy groups -OCH3 is 1. The van der Waals surface area contributed by atoms with Gasteiger partial charge in [-0.05, 0) is 30.7 Å². The van der Waals surface area contributed by atoms with E-state index in [0.29, 0.717) is 5.02 Å². The zero-order valence-corrected chi connectivity index (χ0v) is 8.21. The highest BCUT2D eigenvalue weighted by molar-refractivity contribution is 6.31. The van der Waals surface area contributed by atoms with E-state index >= 15 is 0 Å². The highest BCUT2D eigenvalue weighted by Gasteiger charge is 2.09. The van der Waals surface area contributed by atoms with Gasteiger partial charge in [-0.1, -0.05) is 11.6 Å². The molecule has 1 radical (unpaired) electrons. The van der Waals surface area contributed by atoms with Gasteiger partial charge in [-0.15, -0.1) is 0 Å². The maximum Gasteiger partial charge on any atom is 0.119 e. The molecule has 1 rings (SSSR count). The van der Waals surface area contributed by atoms with Crippen LogP contribution in [0.1, 0.15) is 11.5 Å². The van der Waals surface area contributed by atoms with Gasteiger partial charge >= 0.3 is 0 Å². The fourth-order valence-electron chi connectivity index (χ4n) is 1.06. The second-order valence-electron chi connectivity index (χ2n) is 2.77. The highest BCUT2D eigenvalue weighted by Crippen LogP contribution is 2.27. The molecule has 0 amide bonds. The molecular weight excluding hydrogens is 188 g/mol. The van der Waals surface area contributed by atoms with Crippen molar-refractivity contribution in [1.82, 2.24) is 0 Å². The van der Waals surface area contributed by atoms with Crippen molar-refractivity contribution >= 4 is 11.6 Å². The molecule has 1 N–H and O–H groups in total. The normalized spacial score (nSPS) is 12.6. The molecule has 0 heterocycles. The molecule has 0 bridgehead atoms. The Morgan fingerprint density at radius 2 is 2.31 bits per heavy atom. The molecule has 13 heavy (non-hydrogen) atoms. The number of ether oxygens (including phenoxy) is 1. The molecule has 1 aromatic rings. The molecule has 0 fully saturated rings. The van der Waals surface area contributed by atoms with Gasteiger partial charge in [0.05, 0.1) is 7.11 Å². The van der Waals surface area contributed by atoms with Crippen LogP contribution in [0.15, 0.2) is 18.2 Å². The molecule has 0 aliphatic heterocycles. The molecule has 1 atom stereocenters. The number of hydrogen-bond acceptors (Lipinski definition) is 2. The van der Waals surface area contributed by atoms with Gasteiger partial charge in [0.1, 0.15) is 5.75 Å². The number of benzene rings is 1. The summed E-state index contributed by atoms with van der Waals surface area (Å²) in [6.07, 6.45) is 0. The molecule has 1 aromatic carbocycles. The Morgan fingerprint density at radius 1 is 1.62 bits per heavy atom. The lowest BCUT2D eigenvalue weighted by Gasteiger charge is -2.11. The van der Waals surface area contributed by atoms with Crippen LogP contribution in [0.5, 0.6) is 5.75 Å². The van der Waals surface area contributed by atoms with Crippen molar-refractivity contribution in [3.05, 3.63) is 35.7 Å². The number of aliphatic hydroxyl groups is 1. The van der Waals surface area contributed by atoms with Crippen LogP contribution in [0.4, 0.5) is 0 Å². The molecular formula is C10H12ClO2. The summed E-state index contributed by atoms with van der Waals surface area (Å²) in [5.74, 6) is 0.518. The molecule has 0 aliphatic carbocycles. The predicted molar refractivity (Wildman–Crippen MR) is 53.2 cm³/mol. The van der Waals surface area contributed by atoms with Crippen LogP contribution in [0.25, 0.3) is 0 Å². The van der Waals surface area contributed by atoms with E-state index in [0.717, 1.165) is 11.3 Å². The first kappa shape index (κ1) is 10.4. The Labute approximate surface area is 83.1 Å². The van der Waals surface area contributed by atoms with E-state index in [1.807, 2.05) is 0 Å². The third kappa shape index (κ3) is 2.36. The third-order valence-electron chi connectivity index (χ3n) is 1.86. The largest absolute Gasteiger partial charge is 0.497 e. The fraction of sp³-hybridized carbons (Fsp3) is 0.300. The van der Waals surface area contributed by atoms with Gasteiger partial charge in [0, 0.05) is 17.5 Å². The van der Waals surface area contributed by atoms with Crippen molar-refractivity contribution in [3.8, 4) is 5.75 Å². The lowest BCUT2D eigenvalue weighted by molar-refractivity contribution is 0.282. The van der Waals surface area contributed by atoms with Crippen LogP contribution < -0.4 is 4.74 Å². The zero-order chi connectivity index (χ0) is 9.84. The van der Waals surface area contributed by atoms with Gasteiger partial charge < -0.3 is 9.84 Å². The summed E-state index contributed by atoms with van der Waals surface area (Å²) in [5.41, 5.74) is 0.809. The van der Waals surface area contributed by atoms with Gasteiger partial charge in [0.15, 0.2) is 0 Å². The van der Waals surface area contributed by atoms with Crippen molar-refractivity contribution in [1.29, 1.82) is 0 Å². The molecule has 2 nitrogen and oxygen atoms in total. The van der Waals surface area contributed by atoms with Crippen molar-refractivity contribution in [3.63, 3.8) is 0 Å². The van der Waals surface area contributed by atoms with Crippen LogP contribution in [0.2, 0.25) is 5.02 Å². The Kier molecular flexibility index (Phi) is 3.58. The predicted octanol–water partition coefficient (Wildman–Crippen LogP) is 2.26. The lowest BCUT2D eigenvalue weighted by atomic mass is 10.0. The molecule has 0 spiro atoms. The Balaban J connectivity index is 3.03. The SMILES string of the molecule is [CH2]C(CO)c1cc(OC)ccc1Cl. The van der Waals surface area contributed by atoms with Crippen molar-refractivity contribution < 1.29 is 9.84 Å². The van der Waals surface area contributed by atoms with Crippen molar-refractivity contribution in [2.24, 2.45) is 0 Å². The second kappa shape index (κ2) is 4.49. The Hall–Kier alpha value is -0.730. The first-order valence-corrected chi connectivity index (χ1v) is 4.34. The van der Waals surface area contributed by atoms with E-state index in [2.05, 4.69) is 6.92 Å². The minimum absolute atomic E-state index is 0.0209. The molecule has 0 saturated carbocycles. The van der Waals surface area contributed by atoms with E-state index < -0.39 is 0 Å². The van der Waals surface area contributed by atoms with Gasteiger partial charge in [-0.25, -0.2) is 0 Å². The van der Waals surface area contributed by atoms with E-state index in [9.17, 15) is 0 Å². The maximum atomic E-state index is 8.91. The van der Waals surface area contributed by atoms with Gasteiger partial charge in [-0.3, -0.25) is 0 Å². The topological polar surface area (TPSA) is 29.5 Å². The van der Waals surface area contributed by atoms with Gasteiger partial charge in [0.25, 0.3) is 0 Å². The molecule has 1 unspecified atom stereocenters. The lowest BCUT2D eigenvalue weighted by Crippen LogP contribution is -2.00. The Bertz CT molecular complexity index is 286. The number of rotatable bonds is 3. The summed E-state index contributed by atoms with van der Waals surface area (Å²) in [7, 11) is 1.59. The summed E-state index contributed by atoms with van der Waals surface area (Å²) in [6.45, 7) is 3.75. The first-order valence-electron chi connectivity index (χ1n) is 3.96. The summed E-state index contributed by atoms with van der Waals surface area (Å²) in [4.78, 5) is 0. The summed E-state index contributed by atoms with van der Waals surface area (Å²) in [5, 5.41) is 9.52. The molecule has 0 aliphatic rings. The number of hydrogen-bond donors (Lipinski definition) is 1. The number of halogens is 1. The van der Waals surface area contributed by atoms with Crippen LogP contribution in [0, 0.1) is 6.92 Å². The maximum absolute atomic E-state index is 8.91. The van der Waals surface area contributed by atoms with Gasteiger partial charge in [-0.2, -0.15) is 0 Å². The summed E-state index contributed by atoms with van der Waals surface area (Å²) in [6, 6.07) is 5.30. The summed E-state index contributed by atoms with van der Waals surface area (Å²) < 4.78 is 5.04. The van der Waals surface area contributed by atoms with E-state index in [1.165, 1.54) is 0 Å². The average Bonchev–Trinajstić information content (AvgIpc) is 2.17. The summed E-state index contributed by atoms with van der Waals surface area (Å²) >= 11 is 5.92. The van der Waals surface area contributed by atoms with Crippen molar-refractivity contribution in [2.45, 2.75) is 5.92 Å². The fourth-order valence-corrected chi connectivity index (χ4v) is 1.33. The molecule has 3 heteroatoms. The van der Waals surface area contributed by atoms with E-state index in [4.69, 9.17) is 21.4 Å². The monoisotopic (exact) mass is 199 g/mol. The van der Waals surface area contributed by atoms with Crippen LogP contribution >= 0.6 is 11.6 Å². The average molecular weight is 200 g/mol. The van der Waals surface area contributed by atoms with Crippen LogP contribution in [-0.4, -0.2) is 18.8 Å². The number of aliphatic hydroxyl groups excluding tert-OH is 1. The van der Waals surface area contributed by atoms with E-state index in [1.54, 1.807) is 25.3 Å². The van der Waals surface area contributed by atoms with Crippen LogP contribution in [0.3, 0.4) is 0 Å².